The fourth-order valence-electron chi connectivity index (χ4n) is 2.31. The van der Waals surface area contributed by atoms with Crippen molar-refractivity contribution in [2.24, 2.45) is 0 Å². The van der Waals surface area contributed by atoms with Gasteiger partial charge >= 0.3 is 0 Å². The van der Waals surface area contributed by atoms with Crippen molar-refractivity contribution in [1.29, 1.82) is 0 Å². The summed E-state index contributed by atoms with van der Waals surface area (Å²) >= 11 is 0. The van der Waals surface area contributed by atoms with E-state index in [0.717, 1.165) is 16.7 Å². The van der Waals surface area contributed by atoms with Gasteiger partial charge in [-0.15, -0.1) is 0 Å². The SMILES string of the molecule is [C-]#[N+]c1cc(C)c(CC(=O)C[n+]2ccccc2)c(C)c1. The zero-order valence-corrected chi connectivity index (χ0v) is 11.8. The maximum Gasteiger partial charge on any atom is 0.206 e. The number of ketones is 1. The van der Waals surface area contributed by atoms with Crippen molar-refractivity contribution < 1.29 is 9.36 Å². The highest BCUT2D eigenvalue weighted by Gasteiger charge is 2.13. The average molecular weight is 265 g/mol. The third-order valence-corrected chi connectivity index (χ3v) is 3.32. The molecule has 0 aliphatic carbocycles. The molecule has 0 aliphatic rings. The molecular weight excluding hydrogens is 248 g/mol. The second-order valence-corrected chi connectivity index (χ2v) is 4.93. The quantitative estimate of drug-likeness (QED) is 0.616. The van der Waals surface area contributed by atoms with Crippen LogP contribution in [0.3, 0.4) is 0 Å². The third kappa shape index (κ3) is 3.30. The normalized spacial score (nSPS) is 10.1. The summed E-state index contributed by atoms with van der Waals surface area (Å²) in [4.78, 5) is 15.6. The summed E-state index contributed by atoms with van der Waals surface area (Å²) in [7, 11) is 0. The molecule has 0 N–H and O–H groups in total. The second-order valence-electron chi connectivity index (χ2n) is 4.93. The Labute approximate surface area is 119 Å². The van der Waals surface area contributed by atoms with Crippen LogP contribution >= 0.6 is 0 Å². The number of hydrogen-bond donors (Lipinski definition) is 0. The maximum absolute atomic E-state index is 12.2. The molecule has 0 radical (unpaired) electrons. The zero-order valence-electron chi connectivity index (χ0n) is 11.8. The number of pyridine rings is 1. The summed E-state index contributed by atoms with van der Waals surface area (Å²) in [6, 6.07) is 9.44. The Bertz CT molecular complexity index is 646. The summed E-state index contributed by atoms with van der Waals surface area (Å²) in [5.41, 5.74) is 3.71. The molecule has 0 saturated carbocycles. The van der Waals surface area contributed by atoms with Crippen molar-refractivity contribution >= 4 is 11.5 Å². The summed E-state index contributed by atoms with van der Waals surface area (Å²) in [6.07, 6.45) is 4.19. The van der Waals surface area contributed by atoms with Crippen LogP contribution in [-0.2, 0) is 17.8 Å². The molecule has 1 aromatic heterocycles. The summed E-state index contributed by atoms with van der Waals surface area (Å²) in [5.74, 6) is 0.169. The minimum atomic E-state index is 0.169. The number of carbonyl (C=O) groups excluding carboxylic acids is 1. The maximum atomic E-state index is 12.2. The standard InChI is InChI=1S/C17H17N2O/c1-13-9-15(18-3)10-14(2)17(13)11-16(20)12-19-7-5-4-6-8-19/h4-10H,11-12H2,1-2H3/q+1. The molecule has 3 heteroatoms. The number of benzene rings is 1. The van der Waals surface area contributed by atoms with Crippen LogP contribution in [0.25, 0.3) is 4.85 Å². The van der Waals surface area contributed by atoms with Crippen LogP contribution in [0.1, 0.15) is 16.7 Å². The lowest BCUT2D eigenvalue weighted by Gasteiger charge is -2.09. The molecule has 20 heavy (non-hydrogen) atoms. The van der Waals surface area contributed by atoms with Gasteiger partial charge in [0.25, 0.3) is 0 Å². The lowest BCUT2D eigenvalue weighted by Crippen LogP contribution is -2.37. The Kier molecular flexibility index (Phi) is 4.27. The van der Waals surface area contributed by atoms with Gasteiger partial charge in [-0.25, -0.2) is 4.85 Å². The van der Waals surface area contributed by atoms with Crippen LogP contribution in [0, 0.1) is 20.4 Å². The van der Waals surface area contributed by atoms with Gasteiger partial charge in [0.2, 0.25) is 12.3 Å². The number of nitrogens with zero attached hydrogens (tertiary/aromatic N) is 2. The van der Waals surface area contributed by atoms with E-state index in [0.29, 0.717) is 18.7 Å². The lowest BCUT2D eigenvalue weighted by atomic mass is 9.97. The van der Waals surface area contributed by atoms with Crippen LogP contribution in [0.15, 0.2) is 42.7 Å². The molecule has 1 aromatic carbocycles. The van der Waals surface area contributed by atoms with Gasteiger partial charge in [0, 0.05) is 18.6 Å². The summed E-state index contributed by atoms with van der Waals surface area (Å²) < 4.78 is 1.88. The van der Waals surface area contributed by atoms with Gasteiger partial charge < -0.3 is 0 Å². The highest BCUT2D eigenvalue weighted by Crippen LogP contribution is 2.22. The first kappa shape index (κ1) is 14.0. The van der Waals surface area contributed by atoms with E-state index < -0.39 is 0 Å². The van der Waals surface area contributed by atoms with E-state index in [1.165, 1.54) is 0 Å². The Hall–Kier alpha value is -2.47. The van der Waals surface area contributed by atoms with E-state index in [1.807, 2.05) is 61.1 Å². The minimum absolute atomic E-state index is 0.169. The molecule has 2 aromatic rings. The largest absolute Gasteiger partial charge is 0.292 e. The molecule has 1 heterocycles. The number of Topliss-reactive ketones (excluding diaryl/α,β-unsaturated/α-hetero) is 1. The van der Waals surface area contributed by atoms with E-state index in [4.69, 9.17) is 6.57 Å². The van der Waals surface area contributed by atoms with Crippen molar-refractivity contribution in [3.63, 3.8) is 0 Å². The zero-order chi connectivity index (χ0) is 14.5. The molecule has 100 valence electrons. The fourth-order valence-corrected chi connectivity index (χ4v) is 2.31. The van der Waals surface area contributed by atoms with Crippen LogP contribution < -0.4 is 4.57 Å². The van der Waals surface area contributed by atoms with Gasteiger partial charge in [0.15, 0.2) is 18.1 Å². The van der Waals surface area contributed by atoms with E-state index in [9.17, 15) is 4.79 Å². The number of aryl methyl sites for hydroxylation is 2. The molecule has 0 unspecified atom stereocenters. The van der Waals surface area contributed by atoms with Crippen molar-refractivity contribution in [1.82, 2.24) is 0 Å². The van der Waals surface area contributed by atoms with E-state index in [2.05, 4.69) is 4.85 Å². The van der Waals surface area contributed by atoms with E-state index in [1.54, 1.807) is 0 Å². The van der Waals surface area contributed by atoms with Gasteiger partial charge in [-0.1, -0.05) is 29.3 Å². The van der Waals surface area contributed by atoms with Crippen molar-refractivity contribution in [3.8, 4) is 0 Å². The third-order valence-electron chi connectivity index (χ3n) is 3.32. The van der Waals surface area contributed by atoms with Crippen LogP contribution in [-0.4, -0.2) is 5.78 Å². The topological polar surface area (TPSA) is 25.3 Å². The van der Waals surface area contributed by atoms with Crippen molar-refractivity contribution in [3.05, 3.63) is 70.8 Å². The van der Waals surface area contributed by atoms with Crippen LogP contribution in [0.4, 0.5) is 5.69 Å². The molecule has 2 rings (SSSR count). The van der Waals surface area contributed by atoms with Gasteiger partial charge in [-0.3, -0.25) is 4.79 Å². The molecule has 0 saturated heterocycles. The van der Waals surface area contributed by atoms with Gasteiger partial charge in [-0.05, 0) is 19.4 Å². The number of carbonyl (C=O) groups is 1. The second kappa shape index (κ2) is 6.12. The Morgan fingerprint density at radius 1 is 1.15 bits per heavy atom. The van der Waals surface area contributed by atoms with Crippen LogP contribution in [0.5, 0.6) is 0 Å². The first-order chi connectivity index (χ1) is 9.60. The predicted molar refractivity (Wildman–Crippen MR) is 77.5 cm³/mol. The Morgan fingerprint density at radius 2 is 1.75 bits per heavy atom. The van der Waals surface area contributed by atoms with Crippen LogP contribution in [0.2, 0.25) is 0 Å². The molecule has 0 amide bonds. The van der Waals surface area contributed by atoms with Gasteiger partial charge in [0.1, 0.15) is 0 Å². The minimum Gasteiger partial charge on any atom is -0.292 e. The number of rotatable bonds is 4. The predicted octanol–water partition coefficient (Wildman–Crippen LogP) is 2.95. The van der Waals surface area contributed by atoms with E-state index in [-0.39, 0.29) is 5.78 Å². The molecule has 0 fully saturated rings. The summed E-state index contributed by atoms with van der Waals surface area (Å²) in [6.45, 7) is 11.3. The van der Waals surface area contributed by atoms with Crippen molar-refractivity contribution in [2.75, 3.05) is 0 Å². The number of aromatic nitrogens is 1. The molecule has 0 bridgehead atoms. The monoisotopic (exact) mass is 265 g/mol. The molecule has 0 aliphatic heterocycles. The Morgan fingerprint density at radius 3 is 2.30 bits per heavy atom. The molecule has 3 nitrogen and oxygen atoms in total. The van der Waals surface area contributed by atoms with Crippen molar-refractivity contribution in [2.45, 2.75) is 26.8 Å². The number of hydrogen-bond acceptors (Lipinski definition) is 1. The smallest absolute Gasteiger partial charge is 0.206 e. The molecule has 0 spiro atoms. The first-order valence-electron chi connectivity index (χ1n) is 6.53. The lowest BCUT2D eigenvalue weighted by molar-refractivity contribution is -0.684. The van der Waals surface area contributed by atoms with Gasteiger partial charge in [-0.2, -0.15) is 4.57 Å². The Balaban J connectivity index is 2.15. The highest BCUT2D eigenvalue weighted by molar-refractivity contribution is 5.80. The summed E-state index contributed by atoms with van der Waals surface area (Å²) in [5, 5.41) is 0. The first-order valence-corrected chi connectivity index (χ1v) is 6.53. The molecule has 0 atom stereocenters. The highest BCUT2D eigenvalue weighted by atomic mass is 16.1. The average Bonchev–Trinajstić information content (AvgIpc) is 2.43. The van der Waals surface area contributed by atoms with Gasteiger partial charge in [0.05, 0.1) is 6.57 Å². The molecular formula is C17H17N2O+. The van der Waals surface area contributed by atoms with E-state index >= 15 is 0 Å². The fraction of sp³-hybridized carbons (Fsp3) is 0.235.